The number of aromatic nitrogens is 5. The lowest BCUT2D eigenvalue weighted by Gasteiger charge is -2.11. The normalized spacial score (nSPS) is 12.9. The van der Waals surface area contributed by atoms with E-state index in [-0.39, 0.29) is 0 Å². The summed E-state index contributed by atoms with van der Waals surface area (Å²) in [7, 11) is 0. The second-order valence-electron chi connectivity index (χ2n) is 11.0. The Bertz CT molecular complexity index is 2440. The maximum atomic E-state index is 5.25. The maximum absolute atomic E-state index is 5.25. The number of pyridine rings is 1. The fraction of sp³-hybridized carbons (Fsp3) is 0.0769. The predicted molar refractivity (Wildman–Crippen MR) is 197 cm³/mol. The maximum Gasteiger partial charge on any atom is 0.164 e. The molecule has 1 aliphatic carbocycles. The lowest BCUT2D eigenvalue weighted by atomic mass is 10.1. The number of thiol groups is 1. The standard InChI is InChI=1S/C38H25N5S.CH4S/c1-3-11-24(12-4-1)34-39-35(25-13-5-2-6-14-25)41-36(40-34)26-19-21-27(22-20-26)43-32-17-9-7-15-28(32)30-23-31-29-16-8-10-18-33(29)44-38(31)42-37(30)43;1-2/h1,3-5,7-23H,2,6H2;2H,1H3. The predicted octanol–water partition coefficient (Wildman–Crippen LogP) is 10.3. The molecule has 0 fully saturated rings. The van der Waals surface area contributed by atoms with Gasteiger partial charge in [-0.25, -0.2) is 19.9 Å². The Kier molecular flexibility index (Phi) is 7.40. The highest BCUT2D eigenvalue weighted by atomic mass is 32.1. The topological polar surface area (TPSA) is 56.5 Å². The average Bonchev–Trinajstić information content (AvgIpc) is 3.67. The Hall–Kier alpha value is -5.11. The molecule has 0 spiro atoms. The summed E-state index contributed by atoms with van der Waals surface area (Å²) in [5, 5.41) is 4.82. The Morgan fingerprint density at radius 3 is 2.04 bits per heavy atom. The molecule has 5 nitrogen and oxygen atoms in total. The van der Waals surface area contributed by atoms with E-state index in [9.17, 15) is 0 Å². The molecule has 0 N–H and O–H groups in total. The van der Waals surface area contributed by atoms with Crippen molar-refractivity contribution in [1.29, 1.82) is 0 Å². The van der Waals surface area contributed by atoms with Crippen LogP contribution in [0.1, 0.15) is 18.7 Å². The summed E-state index contributed by atoms with van der Waals surface area (Å²) in [6.07, 6.45) is 10.2. The number of allylic oxidation sites excluding steroid dienone is 4. The first-order valence-corrected chi connectivity index (χ1v) is 17.0. The van der Waals surface area contributed by atoms with Crippen LogP contribution in [0.15, 0.2) is 127 Å². The van der Waals surface area contributed by atoms with Crippen LogP contribution in [0.3, 0.4) is 0 Å². The summed E-state index contributed by atoms with van der Waals surface area (Å²) in [5.74, 6) is 2.04. The molecule has 222 valence electrons. The van der Waals surface area contributed by atoms with Crippen molar-refractivity contribution in [2.75, 3.05) is 6.26 Å². The number of hydrogen-bond acceptors (Lipinski definition) is 6. The van der Waals surface area contributed by atoms with Gasteiger partial charge >= 0.3 is 0 Å². The van der Waals surface area contributed by atoms with Crippen molar-refractivity contribution in [2.45, 2.75) is 12.8 Å². The summed E-state index contributed by atoms with van der Waals surface area (Å²) >= 11 is 5.27. The fourth-order valence-electron chi connectivity index (χ4n) is 6.17. The van der Waals surface area contributed by atoms with Crippen LogP contribution in [0.4, 0.5) is 0 Å². The van der Waals surface area contributed by atoms with Gasteiger partial charge in [0, 0.05) is 48.6 Å². The number of fused-ring (bicyclic) bond motifs is 6. The van der Waals surface area contributed by atoms with Crippen molar-refractivity contribution < 1.29 is 0 Å². The Morgan fingerprint density at radius 2 is 1.28 bits per heavy atom. The highest BCUT2D eigenvalue weighted by Gasteiger charge is 2.18. The first-order valence-electron chi connectivity index (χ1n) is 15.3. The molecule has 0 bridgehead atoms. The molecule has 46 heavy (non-hydrogen) atoms. The van der Waals surface area contributed by atoms with Gasteiger partial charge in [0.1, 0.15) is 10.5 Å². The third-order valence-electron chi connectivity index (χ3n) is 8.30. The minimum absolute atomic E-state index is 0.660. The molecular weight excluding hydrogens is 603 g/mol. The largest absolute Gasteiger partial charge is 0.294 e. The van der Waals surface area contributed by atoms with Crippen molar-refractivity contribution in [1.82, 2.24) is 24.5 Å². The van der Waals surface area contributed by atoms with Gasteiger partial charge in [0.2, 0.25) is 0 Å². The van der Waals surface area contributed by atoms with Crippen molar-refractivity contribution in [3.63, 3.8) is 0 Å². The first-order chi connectivity index (χ1) is 22.8. The molecule has 1 aliphatic rings. The Morgan fingerprint density at radius 1 is 0.609 bits per heavy atom. The van der Waals surface area contributed by atoms with Crippen LogP contribution in [0.25, 0.3) is 76.3 Å². The average molecular weight is 632 g/mol. The van der Waals surface area contributed by atoms with Gasteiger partial charge in [-0.15, -0.1) is 11.3 Å². The van der Waals surface area contributed by atoms with Crippen LogP contribution in [0.2, 0.25) is 0 Å². The third-order valence-corrected chi connectivity index (χ3v) is 9.38. The SMILES string of the molecule is C1=CC(c2nc(-c3ccccc3)nc(-c3ccc(-n4c5ccccc5c5cc6c(nc54)sc4ccccc46)cc3)n2)=CCC1.CS. The van der Waals surface area contributed by atoms with Gasteiger partial charge in [0.15, 0.2) is 17.5 Å². The zero-order chi connectivity index (χ0) is 31.0. The third kappa shape index (κ3) is 4.89. The van der Waals surface area contributed by atoms with Crippen molar-refractivity contribution >= 4 is 71.8 Å². The quantitative estimate of drug-likeness (QED) is 0.196. The molecule has 0 unspecified atom stereocenters. The molecule has 4 aromatic carbocycles. The van der Waals surface area contributed by atoms with Crippen LogP contribution in [-0.4, -0.2) is 30.8 Å². The molecule has 4 aromatic heterocycles. The molecular formula is C39H29N5S2. The highest BCUT2D eigenvalue weighted by Crippen LogP contribution is 2.38. The molecule has 0 atom stereocenters. The summed E-state index contributed by atoms with van der Waals surface area (Å²) in [5.41, 5.74) is 6.09. The first kappa shape index (κ1) is 28.4. The van der Waals surface area contributed by atoms with E-state index >= 15 is 0 Å². The fourth-order valence-corrected chi connectivity index (χ4v) is 7.22. The zero-order valence-electron chi connectivity index (χ0n) is 25.1. The van der Waals surface area contributed by atoms with E-state index < -0.39 is 0 Å². The van der Waals surface area contributed by atoms with E-state index in [1.54, 1.807) is 17.6 Å². The van der Waals surface area contributed by atoms with Crippen LogP contribution in [0, 0.1) is 0 Å². The molecule has 0 saturated heterocycles. The van der Waals surface area contributed by atoms with Gasteiger partial charge in [0.05, 0.1) is 5.52 Å². The minimum atomic E-state index is 0.660. The molecule has 7 heteroatoms. The number of benzene rings is 4. The Balaban J connectivity index is 0.00000153. The van der Waals surface area contributed by atoms with Crippen LogP contribution < -0.4 is 0 Å². The molecule has 8 aromatic rings. The van der Waals surface area contributed by atoms with E-state index in [2.05, 4.69) is 114 Å². The summed E-state index contributed by atoms with van der Waals surface area (Å²) in [4.78, 5) is 21.0. The van der Waals surface area contributed by atoms with E-state index in [0.717, 1.165) is 56.6 Å². The molecule has 0 amide bonds. The second-order valence-corrected chi connectivity index (χ2v) is 12.1. The zero-order valence-corrected chi connectivity index (χ0v) is 26.8. The van der Waals surface area contributed by atoms with Crippen LogP contribution in [0.5, 0.6) is 0 Å². The summed E-state index contributed by atoms with van der Waals surface area (Å²) in [6.45, 7) is 0. The van der Waals surface area contributed by atoms with E-state index in [1.807, 2.05) is 30.3 Å². The van der Waals surface area contributed by atoms with Crippen LogP contribution >= 0.6 is 24.0 Å². The van der Waals surface area contributed by atoms with Crippen molar-refractivity contribution in [3.8, 4) is 28.5 Å². The van der Waals surface area contributed by atoms with E-state index in [0.29, 0.717) is 17.5 Å². The van der Waals surface area contributed by atoms with Gasteiger partial charge in [-0.3, -0.25) is 4.57 Å². The van der Waals surface area contributed by atoms with Gasteiger partial charge < -0.3 is 0 Å². The van der Waals surface area contributed by atoms with Crippen LogP contribution in [-0.2, 0) is 0 Å². The second kappa shape index (κ2) is 12.0. The van der Waals surface area contributed by atoms with E-state index in [1.165, 1.54) is 20.9 Å². The Labute approximate surface area is 276 Å². The van der Waals surface area contributed by atoms with Gasteiger partial charge in [-0.2, -0.15) is 12.6 Å². The number of para-hydroxylation sites is 1. The van der Waals surface area contributed by atoms with E-state index in [4.69, 9.17) is 19.9 Å². The number of nitrogens with zero attached hydrogens (tertiary/aromatic N) is 5. The lowest BCUT2D eigenvalue weighted by molar-refractivity contribution is 1.01. The molecule has 9 rings (SSSR count). The summed E-state index contributed by atoms with van der Waals surface area (Å²) < 4.78 is 3.53. The number of rotatable bonds is 4. The summed E-state index contributed by atoms with van der Waals surface area (Å²) in [6, 6.07) is 38.0. The molecule has 4 heterocycles. The van der Waals surface area contributed by atoms with Crippen molar-refractivity contribution in [3.05, 3.63) is 133 Å². The highest BCUT2D eigenvalue weighted by molar-refractivity contribution is 7.79. The van der Waals surface area contributed by atoms with Gasteiger partial charge in [-0.1, -0.05) is 85.0 Å². The smallest absolute Gasteiger partial charge is 0.164 e. The monoisotopic (exact) mass is 631 g/mol. The van der Waals surface area contributed by atoms with Crippen molar-refractivity contribution in [2.24, 2.45) is 0 Å². The number of hydrogen-bond donors (Lipinski definition) is 1. The molecule has 0 radical (unpaired) electrons. The molecule has 0 aliphatic heterocycles. The van der Waals surface area contributed by atoms with Gasteiger partial charge in [-0.05, 0) is 61.6 Å². The minimum Gasteiger partial charge on any atom is -0.294 e. The molecule has 0 saturated carbocycles. The number of thiophene rings is 1. The van der Waals surface area contributed by atoms with Gasteiger partial charge in [0.25, 0.3) is 0 Å². The lowest BCUT2D eigenvalue weighted by Crippen LogP contribution is -2.03.